The van der Waals surface area contributed by atoms with Crippen molar-refractivity contribution in [2.24, 2.45) is 0 Å². The van der Waals surface area contributed by atoms with Gasteiger partial charge in [0.2, 0.25) is 5.91 Å². The topological polar surface area (TPSA) is 52.7 Å². The standard InChI is InChI=1S/C26H43N3O2/c1-4-5-6-7-8-9-10-11-13-16-25(30)27-22-17-18-24(28(2)3)23(21-22)26(31)29-19-14-12-15-20-29/h17-18,21H,4-16,19-20H2,1-3H3,(H,27,30). The fraction of sp³-hybridized carbons (Fsp3) is 0.692. The SMILES string of the molecule is CCCCCCCCCCCC(=O)Nc1ccc(N(C)C)c(C(=O)N2CCCCC2)c1. The molecule has 1 aliphatic heterocycles. The third-order valence-corrected chi connectivity index (χ3v) is 6.14. The van der Waals surface area contributed by atoms with Gasteiger partial charge in [-0.2, -0.15) is 0 Å². The Hall–Kier alpha value is -2.04. The van der Waals surface area contributed by atoms with E-state index >= 15 is 0 Å². The molecule has 0 bridgehead atoms. The summed E-state index contributed by atoms with van der Waals surface area (Å²) in [6, 6.07) is 5.68. The van der Waals surface area contributed by atoms with Crippen LogP contribution < -0.4 is 10.2 Å². The fourth-order valence-corrected chi connectivity index (χ4v) is 4.26. The first kappa shape index (κ1) is 25.2. The van der Waals surface area contributed by atoms with Crippen LogP contribution in [0.4, 0.5) is 11.4 Å². The minimum Gasteiger partial charge on any atom is -0.377 e. The number of unbranched alkanes of at least 4 members (excludes halogenated alkanes) is 8. The highest BCUT2D eigenvalue weighted by Crippen LogP contribution is 2.26. The Morgan fingerprint density at radius 1 is 0.903 bits per heavy atom. The molecule has 1 fully saturated rings. The highest BCUT2D eigenvalue weighted by atomic mass is 16.2. The van der Waals surface area contributed by atoms with E-state index in [2.05, 4.69) is 12.2 Å². The molecule has 2 amide bonds. The van der Waals surface area contributed by atoms with E-state index < -0.39 is 0 Å². The molecular formula is C26H43N3O2. The Balaban J connectivity index is 1.81. The number of piperidine rings is 1. The van der Waals surface area contributed by atoms with Crippen LogP contribution in [0.25, 0.3) is 0 Å². The Kier molecular flexibility index (Phi) is 11.5. The average Bonchev–Trinajstić information content (AvgIpc) is 2.78. The highest BCUT2D eigenvalue weighted by Gasteiger charge is 2.22. The first-order chi connectivity index (χ1) is 15.0. The highest BCUT2D eigenvalue weighted by molar-refractivity contribution is 6.02. The van der Waals surface area contributed by atoms with Crippen molar-refractivity contribution in [3.63, 3.8) is 0 Å². The summed E-state index contributed by atoms with van der Waals surface area (Å²) in [5, 5.41) is 3.00. The molecule has 1 saturated heterocycles. The number of likely N-dealkylation sites (tertiary alicyclic amines) is 1. The maximum absolute atomic E-state index is 13.1. The molecular weight excluding hydrogens is 386 g/mol. The van der Waals surface area contributed by atoms with Gasteiger partial charge in [0.25, 0.3) is 5.91 Å². The minimum absolute atomic E-state index is 0.0388. The van der Waals surface area contributed by atoms with Crippen LogP contribution in [-0.2, 0) is 4.79 Å². The summed E-state index contributed by atoms with van der Waals surface area (Å²) in [5.41, 5.74) is 2.28. The molecule has 1 N–H and O–H groups in total. The molecule has 0 aliphatic carbocycles. The maximum Gasteiger partial charge on any atom is 0.256 e. The number of nitrogens with zero attached hydrogens (tertiary/aromatic N) is 2. The van der Waals surface area contributed by atoms with Gasteiger partial charge in [0, 0.05) is 45.0 Å². The third kappa shape index (κ3) is 8.92. The molecule has 1 aromatic carbocycles. The lowest BCUT2D eigenvalue weighted by Crippen LogP contribution is -2.36. The second kappa shape index (κ2) is 14.1. The summed E-state index contributed by atoms with van der Waals surface area (Å²) in [4.78, 5) is 29.4. The molecule has 5 heteroatoms. The number of amides is 2. The van der Waals surface area contributed by atoms with Crippen LogP contribution in [0.3, 0.4) is 0 Å². The molecule has 1 aliphatic rings. The van der Waals surface area contributed by atoms with Gasteiger partial charge in [-0.1, -0.05) is 58.3 Å². The number of carbonyl (C=O) groups excluding carboxylic acids is 2. The van der Waals surface area contributed by atoms with Gasteiger partial charge in [-0.3, -0.25) is 9.59 Å². The molecule has 5 nitrogen and oxygen atoms in total. The van der Waals surface area contributed by atoms with E-state index in [4.69, 9.17) is 0 Å². The molecule has 2 rings (SSSR count). The smallest absolute Gasteiger partial charge is 0.256 e. The number of benzene rings is 1. The second-order valence-corrected chi connectivity index (χ2v) is 9.11. The van der Waals surface area contributed by atoms with Crippen molar-refractivity contribution in [3.05, 3.63) is 23.8 Å². The van der Waals surface area contributed by atoms with Crippen molar-refractivity contribution in [2.75, 3.05) is 37.4 Å². The molecule has 31 heavy (non-hydrogen) atoms. The quantitative estimate of drug-likeness (QED) is 0.378. The van der Waals surface area contributed by atoms with Gasteiger partial charge in [-0.25, -0.2) is 0 Å². The lowest BCUT2D eigenvalue weighted by Gasteiger charge is -2.28. The molecule has 0 aromatic heterocycles. The van der Waals surface area contributed by atoms with Crippen molar-refractivity contribution in [1.29, 1.82) is 0 Å². The summed E-state index contributed by atoms with van der Waals surface area (Å²) >= 11 is 0. The molecule has 1 heterocycles. The molecule has 0 unspecified atom stereocenters. The number of nitrogens with one attached hydrogen (secondary N) is 1. The minimum atomic E-state index is 0.0388. The predicted molar refractivity (Wildman–Crippen MR) is 131 cm³/mol. The van der Waals surface area contributed by atoms with Crippen LogP contribution in [0.5, 0.6) is 0 Å². The van der Waals surface area contributed by atoms with Crippen LogP contribution >= 0.6 is 0 Å². The fourth-order valence-electron chi connectivity index (χ4n) is 4.26. The zero-order chi connectivity index (χ0) is 22.5. The summed E-state index contributed by atoms with van der Waals surface area (Å²) < 4.78 is 0. The number of carbonyl (C=O) groups is 2. The van der Waals surface area contributed by atoms with E-state index in [-0.39, 0.29) is 11.8 Å². The number of hydrogen-bond acceptors (Lipinski definition) is 3. The van der Waals surface area contributed by atoms with Crippen LogP contribution in [0.2, 0.25) is 0 Å². The molecule has 0 spiro atoms. The molecule has 1 aromatic rings. The van der Waals surface area contributed by atoms with E-state index in [0.29, 0.717) is 17.7 Å². The molecule has 0 atom stereocenters. The van der Waals surface area contributed by atoms with Gasteiger partial charge < -0.3 is 15.1 Å². The first-order valence-corrected chi connectivity index (χ1v) is 12.4. The van der Waals surface area contributed by atoms with Gasteiger partial charge in [-0.05, 0) is 43.9 Å². The van der Waals surface area contributed by atoms with Crippen molar-refractivity contribution in [1.82, 2.24) is 4.90 Å². The molecule has 0 saturated carbocycles. The van der Waals surface area contributed by atoms with Crippen LogP contribution in [-0.4, -0.2) is 43.9 Å². The van der Waals surface area contributed by atoms with Crippen molar-refractivity contribution >= 4 is 23.2 Å². The Morgan fingerprint density at radius 2 is 1.52 bits per heavy atom. The zero-order valence-electron chi connectivity index (χ0n) is 20.0. The second-order valence-electron chi connectivity index (χ2n) is 9.11. The van der Waals surface area contributed by atoms with E-state index in [1.807, 2.05) is 42.1 Å². The van der Waals surface area contributed by atoms with Gasteiger partial charge in [0.1, 0.15) is 0 Å². The summed E-state index contributed by atoms with van der Waals surface area (Å²) in [6.07, 6.45) is 15.1. The largest absolute Gasteiger partial charge is 0.377 e. The van der Waals surface area contributed by atoms with E-state index in [1.165, 1.54) is 51.4 Å². The van der Waals surface area contributed by atoms with Gasteiger partial charge >= 0.3 is 0 Å². The van der Waals surface area contributed by atoms with E-state index in [1.54, 1.807) is 0 Å². The monoisotopic (exact) mass is 429 g/mol. The van der Waals surface area contributed by atoms with Gasteiger partial charge in [-0.15, -0.1) is 0 Å². The van der Waals surface area contributed by atoms with Crippen molar-refractivity contribution in [2.45, 2.75) is 90.4 Å². The first-order valence-electron chi connectivity index (χ1n) is 12.4. The molecule has 174 valence electrons. The number of hydrogen-bond donors (Lipinski definition) is 1. The average molecular weight is 430 g/mol. The van der Waals surface area contributed by atoms with Crippen LogP contribution in [0.15, 0.2) is 18.2 Å². The normalized spacial score (nSPS) is 13.8. The van der Waals surface area contributed by atoms with E-state index in [9.17, 15) is 9.59 Å². The Labute approximate surface area is 189 Å². The number of anilines is 2. The Morgan fingerprint density at radius 3 is 2.13 bits per heavy atom. The predicted octanol–water partition coefficient (Wildman–Crippen LogP) is 6.24. The van der Waals surface area contributed by atoms with Crippen molar-refractivity contribution in [3.8, 4) is 0 Å². The Bertz CT molecular complexity index is 681. The lowest BCUT2D eigenvalue weighted by atomic mass is 10.1. The maximum atomic E-state index is 13.1. The third-order valence-electron chi connectivity index (χ3n) is 6.14. The zero-order valence-corrected chi connectivity index (χ0v) is 20.0. The van der Waals surface area contributed by atoms with Crippen molar-refractivity contribution < 1.29 is 9.59 Å². The lowest BCUT2D eigenvalue weighted by molar-refractivity contribution is -0.116. The molecule has 0 radical (unpaired) electrons. The number of rotatable bonds is 13. The van der Waals surface area contributed by atoms with Gasteiger partial charge in [0.05, 0.1) is 5.56 Å². The summed E-state index contributed by atoms with van der Waals surface area (Å²) in [5.74, 6) is 0.107. The van der Waals surface area contributed by atoms with Crippen LogP contribution in [0, 0.1) is 0 Å². The summed E-state index contributed by atoms with van der Waals surface area (Å²) in [7, 11) is 3.90. The van der Waals surface area contributed by atoms with E-state index in [0.717, 1.165) is 44.5 Å². The van der Waals surface area contributed by atoms with Gasteiger partial charge in [0.15, 0.2) is 0 Å². The summed E-state index contributed by atoms with van der Waals surface area (Å²) in [6.45, 7) is 3.89. The van der Waals surface area contributed by atoms with Crippen LogP contribution in [0.1, 0.15) is 101 Å².